The number of rotatable bonds is 13. The molecule has 0 radical (unpaired) electrons. The summed E-state index contributed by atoms with van der Waals surface area (Å²) in [6.07, 6.45) is 16.0. The summed E-state index contributed by atoms with van der Waals surface area (Å²) in [5, 5.41) is 4.69. The molecule has 0 atom stereocenters. The number of halogens is 1. The predicted octanol–water partition coefficient (Wildman–Crippen LogP) is 6.99. The lowest BCUT2D eigenvalue weighted by Crippen LogP contribution is -2.13. The third kappa shape index (κ3) is 6.38. The van der Waals surface area contributed by atoms with Gasteiger partial charge in [0, 0.05) is 10.1 Å². The molecule has 0 aliphatic carbocycles. The first-order valence-electron chi connectivity index (χ1n) is 10.9. The predicted molar refractivity (Wildman–Crippen MR) is 126 cm³/mol. The van der Waals surface area contributed by atoms with Crippen molar-refractivity contribution in [3.63, 3.8) is 0 Å². The Morgan fingerprint density at radius 3 is 2.40 bits per heavy atom. The Labute approximate surface area is 185 Å². The summed E-state index contributed by atoms with van der Waals surface area (Å²) in [7, 11) is 0. The van der Waals surface area contributed by atoms with E-state index < -0.39 is 0 Å². The molecule has 0 saturated carbocycles. The minimum atomic E-state index is -0.322. The summed E-state index contributed by atoms with van der Waals surface area (Å²) < 4.78 is 16.8. The van der Waals surface area contributed by atoms with Crippen LogP contribution in [0.4, 0.5) is 4.39 Å². The highest BCUT2D eigenvalue weighted by atomic mass is 32.2. The molecule has 0 aliphatic rings. The van der Waals surface area contributed by atoms with E-state index in [0.29, 0.717) is 15.8 Å². The summed E-state index contributed by atoms with van der Waals surface area (Å²) in [6.45, 7) is 2.25. The van der Waals surface area contributed by atoms with Crippen LogP contribution in [0, 0.1) is 5.82 Å². The SMILES string of the molecule is CCCCCCCCCCCCSc1sc2cc(F)ccc2c(=O)c1-n1cncn1. The van der Waals surface area contributed by atoms with Crippen molar-refractivity contribution < 1.29 is 4.39 Å². The fourth-order valence-corrected chi connectivity index (χ4v) is 6.05. The van der Waals surface area contributed by atoms with Gasteiger partial charge in [0.05, 0.1) is 4.21 Å². The van der Waals surface area contributed by atoms with Crippen molar-refractivity contribution in [2.75, 3.05) is 5.75 Å². The van der Waals surface area contributed by atoms with E-state index in [2.05, 4.69) is 17.0 Å². The first-order valence-corrected chi connectivity index (χ1v) is 12.7. The minimum absolute atomic E-state index is 0.125. The zero-order valence-corrected chi connectivity index (χ0v) is 19.2. The van der Waals surface area contributed by atoms with Gasteiger partial charge in [-0.05, 0) is 30.4 Å². The number of fused-ring (bicyclic) bond motifs is 1. The van der Waals surface area contributed by atoms with E-state index in [-0.39, 0.29) is 11.2 Å². The summed E-state index contributed by atoms with van der Waals surface area (Å²) in [6, 6.07) is 4.33. The van der Waals surface area contributed by atoms with Gasteiger partial charge in [-0.2, -0.15) is 5.10 Å². The van der Waals surface area contributed by atoms with Crippen LogP contribution in [0.2, 0.25) is 0 Å². The fourth-order valence-electron chi connectivity index (χ4n) is 3.51. The van der Waals surface area contributed by atoms with Crippen LogP contribution < -0.4 is 5.43 Å². The van der Waals surface area contributed by atoms with Crippen molar-refractivity contribution in [2.45, 2.75) is 75.3 Å². The van der Waals surface area contributed by atoms with Crippen molar-refractivity contribution in [3.05, 3.63) is 46.9 Å². The van der Waals surface area contributed by atoms with Crippen LogP contribution in [-0.4, -0.2) is 20.5 Å². The minimum Gasteiger partial charge on any atom is -0.287 e. The lowest BCUT2D eigenvalue weighted by molar-refractivity contribution is 0.563. The van der Waals surface area contributed by atoms with Crippen molar-refractivity contribution in [2.24, 2.45) is 0 Å². The maximum Gasteiger partial charge on any atom is 0.214 e. The third-order valence-electron chi connectivity index (χ3n) is 5.18. The summed E-state index contributed by atoms with van der Waals surface area (Å²) in [4.78, 5) is 17.0. The lowest BCUT2D eigenvalue weighted by Gasteiger charge is -2.09. The van der Waals surface area contributed by atoms with Gasteiger partial charge >= 0.3 is 0 Å². The van der Waals surface area contributed by atoms with Gasteiger partial charge in [-0.25, -0.2) is 14.1 Å². The number of thioether (sulfide) groups is 1. The van der Waals surface area contributed by atoms with Gasteiger partial charge in [-0.1, -0.05) is 64.7 Å². The Morgan fingerprint density at radius 1 is 1.03 bits per heavy atom. The van der Waals surface area contributed by atoms with Crippen LogP contribution in [-0.2, 0) is 0 Å². The van der Waals surface area contributed by atoms with Crippen LogP contribution >= 0.6 is 23.1 Å². The number of benzene rings is 1. The van der Waals surface area contributed by atoms with Crippen LogP contribution in [0.1, 0.15) is 71.1 Å². The number of nitrogens with zero attached hydrogens (tertiary/aromatic N) is 3. The molecule has 0 fully saturated rings. The average Bonchev–Trinajstić information content (AvgIpc) is 3.26. The van der Waals surface area contributed by atoms with Crippen LogP contribution in [0.15, 0.2) is 39.9 Å². The molecular weight excluding hydrogens is 417 g/mol. The van der Waals surface area contributed by atoms with E-state index in [1.54, 1.807) is 24.2 Å². The second kappa shape index (κ2) is 12.2. The fraction of sp³-hybridized carbons (Fsp3) is 0.522. The molecule has 0 saturated heterocycles. The number of hydrogen-bond acceptors (Lipinski definition) is 5. The highest BCUT2D eigenvalue weighted by Gasteiger charge is 2.16. The van der Waals surface area contributed by atoms with E-state index in [9.17, 15) is 9.18 Å². The first-order chi connectivity index (χ1) is 14.7. The van der Waals surface area contributed by atoms with E-state index >= 15 is 0 Å². The Kier molecular flexibility index (Phi) is 9.33. The molecule has 3 rings (SSSR count). The van der Waals surface area contributed by atoms with Crippen molar-refractivity contribution >= 4 is 33.2 Å². The van der Waals surface area contributed by atoms with Gasteiger partial charge in [-0.3, -0.25) is 4.79 Å². The van der Waals surface area contributed by atoms with E-state index in [0.717, 1.165) is 16.4 Å². The third-order valence-corrected chi connectivity index (χ3v) is 7.67. The molecule has 2 heterocycles. The van der Waals surface area contributed by atoms with Gasteiger partial charge in [0.15, 0.2) is 0 Å². The molecule has 0 spiro atoms. The molecule has 4 nitrogen and oxygen atoms in total. The largest absolute Gasteiger partial charge is 0.287 e. The summed E-state index contributed by atoms with van der Waals surface area (Å²) >= 11 is 3.12. The first kappa shape index (κ1) is 22.9. The molecule has 2 aromatic heterocycles. The topological polar surface area (TPSA) is 47.8 Å². The Bertz CT molecular complexity index is 972. The van der Waals surface area contributed by atoms with Gasteiger partial charge in [0.2, 0.25) is 5.43 Å². The maximum absolute atomic E-state index is 13.7. The lowest BCUT2D eigenvalue weighted by atomic mass is 10.1. The van der Waals surface area contributed by atoms with Gasteiger partial charge in [0.1, 0.15) is 24.2 Å². The van der Waals surface area contributed by atoms with Crippen molar-refractivity contribution in [3.8, 4) is 5.69 Å². The Balaban J connectivity index is 1.55. The molecule has 7 heteroatoms. The Morgan fingerprint density at radius 2 is 1.73 bits per heavy atom. The normalized spacial score (nSPS) is 11.4. The smallest absolute Gasteiger partial charge is 0.214 e. The molecular formula is C23H30FN3OS2. The monoisotopic (exact) mass is 447 g/mol. The maximum atomic E-state index is 13.7. The molecule has 30 heavy (non-hydrogen) atoms. The van der Waals surface area contributed by atoms with Crippen LogP contribution in [0.3, 0.4) is 0 Å². The standard InChI is InChI=1S/C23H30FN3OS2/c1-2-3-4-5-6-7-8-9-10-11-14-29-23-21(27-17-25-16-26-27)22(28)19-13-12-18(24)15-20(19)30-23/h12-13,15-17H,2-11,14H2,1H3. The highest BCUT2D eigenvalue weighted by Crippen LogP contribution is 2.33. The summed E-state index contributed by atoms with van der Waals surface area (Å²) in [5.74, 6) is 0.617. The second-order valence-corrected chi connectivity index (χ2v) is 9.99. The zero-order valence-electron chi connectivity index (χ0n) is 17.6. The zero-order chi connectivity index (χ0) is 21.2. The van der Waals surface area contributed by atoms with E-state index in [1.165, 1.54) is 92.3 Å². The van der Waals surface area contributed by atoms with Gasteiger partial charge < -0.3 is 0 Å². The quantitative estimate of drug-likeness (QED) is 0.209. The van der Waals surface area contributed by atoms with Gasteiger partial charge in [0.25, 0.3) is 0 Å². The number of hydrogen-bond donors (Lipinski definition) is 0. The molecule has 0 amide bonds. The highest BCUT2D eigenvalue weighted by molar-refractivity contribution is 8.01. The van der Waals surface area contributed by atoms with Crippen LogP contribution in [0.25, 0.3) is 15.8 Å². The van der Waals surface area contributed by atoms with Crippen molar-refractivity contribution in [1.82, 2.24) is 14.8 Å². The average molecular weight is 448 g/mol. The molecule has 1 aromatic carbocycles. The van der Waals surface area contributed by atoms with Crippen LogP contribution in [0.5, 0.6) is 0 Å². The molecule has 0 unspecified atom stereocenters. The second-order valence-electron chi connectivity index (χ2n) is 7.58. The molecule has 162 valence electrons. The molecule has 0 N–H and O–H groups in total. The van der Waals surface area contributed by atoms with Crippen molar-refractivity contribution in [1.29, 1.82) is 0 Å². The van der Waals surface area contributed by atoms with E-state index in [1.807, 2.05) is 0 Å². The van der Waals surface area contributed by atoms with Gasteiger partial charge in [-0.15, -0.1) is 23.1 Å². The number of aromatic nitrogens is 3. The summed E-state index contributed by atoms with van der Waals surface area (Å²) in [5.41, 5.74) is 0.397. The molecule has 0 aliphatic heterocycles. The molecule has 3 aromatic rings. The van der Waals surface area contributed by atoms with E-state index in [4.69, 9.17) is 0 Å². The number of unbranched alkanes of at least 4 members (excludes halogenated alkanes) is 9. The molecule has 0 bridgehead atoms. The Hall–Kier alpha value is -1.73.